The highest BCUT2D eigenvalue weighted by Crippen LogP contribution is 2.36. The standard InChI is InChI=1S/C25H21ClN2O2S2/c1-27(2)20-9-11-21(12-10-20)28-24(29)23(32-25(28)31)15-17-5-13-22(14-6-17)30-16-18-3-7-19(26)8-4-18/h3-15H,16H2,1-2H3/b23-15+. The van der Waals surface area contributed by atoms with Crippen LogP contribution in [-0.2, 0) is 11.4 Å². The highest BCUT2D eigenvalue weighted by Gasteiger charge is 2.33. The molecule has 1 saturated heterocycles. The molecule has 0 atom stereocenters. The van der Waals surface area contributed by atoms with Crippen molar-refractivity contribution in [1.29, 1.82) is 0 Å². The van der Waals surface area contributed by atoms with E-state index in [-0.39, 0.29) is 5.91 Å². The minimum Gasteiger partial charge on any atom is -0.489 e. The molecule has 1 aliphatic heterocycles. The fraction of sp³-hybridized carbons (Fsp3) is 0.120. The highest BCUT2D eigenvalue weighted by molar-refractivity contribution is 8.27. The smallest absolute Gasteiger partial charge is 0.270 e. The van der Waals surface area contributed by atoms with Crippen molar-refractivity contribution in [2.45, 2.75) is 6.61 Å². The third kappa shape index (κ3) is 5.15. The number of amides is 1. The summed E-state index contributed by atoms with van der Waals surface area (Å²) in [5, 5.41) is 0.703. The maximum atomic E-state index is 13.0. The van der Waals surface area contributed by atoms with Crippen LogP contribution in [0.5, 0.6) is 5.75 Å². The van der Waals surface area contributed by atoms with E-state index in [0.29, 0.717) is 20.9 Å². The molecule has 0 aromatic heterocycles. The van der Waals surface area contributed by atoms with Crippen molar-refractivity contribution in [2.75, 3.05) is 23.9 Å². The average Bonchev–Trinajstić information content (AvgIpc) is 3.07. The normalized spacial score (nSPS) is 14.8. The monoisotopic (exact) mass is 480 g/mol. The van der Waals surface area contributed by atoms with Gasteiger partial charge in [0.1, 0.15) is 12.4 Å². The predicted octanol–water partition coefficient (Wildman–Crippen LogP) is 6.39. The van der Waals surface area contributed by atoms with Crippen molar-refractivity contribution in [2.24, 2.45) is 0 Å². The summed E-state index contributed by atoms with van der Waals surface area (Å²) in [5.41, 5.74) is 3.79. The van der Waals surface area contributed by atoms with Gasteiger partial charge in [-0.3, -0.25) is 9.69 Å². The number of nitrogens with zero attached hydrogens (tertiary/aromatic N) is 2. The molecule has 1 fully saturated rings. The summed E-state index contributed by atoms with van der Waals surface area (Å²) >= 11 is 12.7. The predicted molar refractivity (Wildman–Crippen MR) is 139 cm³/mol. The molecule has 0 unspecified atom stereocenters. The molecule has 0 aliphatic carbocycles. The Kier molecular flexibility index (Phi) is 6.84. The van der Waals surface area contributed by atoms with E-state index >= 15 is 0 Å². The van der Waals surface area contributed by atoms with Gasteiger partial charge in [-0.15, -0.1) is 0 Å². The molecule has 0 radical (unpaired) electrons. The summed E-state index contributed by atoms with van der Waals surface area (Å²) in [6.45, 7) is 0.460. The van der Waals surface area contributed by atoms with E-state index in [2.05, 4.69) is 0 Å². The first-order chi connectivity index (χ1) is 15.4. The van der Waals surface area contributed by atoms with Gasteiger partial charge >= 0.3 is 0 Å². The van der Waals surface area contributed by atoms with Crippen molar-refractivity contribution in [3.8, 4) is 5.75 Å². The van der Waals surface area contributed by atoms with E-state index in [4.69, 9.17) is 28.6 Å². The van der Waals surface area contributed by atoms with Gasteiger partial charge in [0.2, 0.25) is 0 Å². The maximum absolute atomic E-state index is 13.0. The zero-order valence-electron chi connectivity index (χ0n) is 17.6. The van der Waals surface area contributed by atoms with Gasteiger partial charge in [-0.1, -0.05) is 59.8 Å². The zero-order valence-corrected chi connectivity index (χ0v) is 20.0. The van der Waals surface area contributed by atoms with Gasteiger partial charge in [-0.2, -0.15) is 0 Å². The molecule has 1 heterocycles. The Labute approximate surface area is 202 Å². The van der Waals surface area contributed by atoms with Crippen LogP contribution in [-0.4, -0.2) is 24.3 Å². The Morgan fingerprint density at radius 2 is 1.66 bits per heavy atom. The number of thioether (sulfide) groups is 1. The highest BCUT2D eigenvalue weighted by atomic mass is 35.5. The molecule has 32 heavy (non-hydrogen) atoms. The van der Waals surface area contributed by atoms with Gasteiger partial charge in [0.15, 0.2) is 4.32 Å². The van der Waals surface area contributed by atoms with Gasteiger partial charge in [0, 0.05) is 24.8 Å². The molecule has 1 amide bonds. The molecule has 4 nitrogen and oxygen atoms in total. The van der Waals surface area contributed by atoms with Crippen molar-refractivity contribution < 1.29 is 9.53 Å². The van der Waals surface area contributed by atoms with Gasteiger partial charge in [0.05, 0.1) is 10.6 Å². The quantitative estimate of drug-likeness (QED) is 0.301. The molecule has 4 rings (SSSR count). The SMILES string of the molecule is CN(C)c1ccc(N2C(=O)/C(=C\c3ccc(OCc4ccc(Cl)cc4)cc3)SC2=S)cc1. The van der Waals surface area contributed by atoms with Crippen molar-refractivity contribution in [3.05, 3.63) is 93.9 Å². The number of carbonyl (C=O) groups excluding carboxylic acids is 1. The summed E-state index contributed by atoms with van der Waals surface area (Å²) in [4.78, 5) is 17.2. The Hall–Kier alpha value is -2.80. The fourth-order valence-corrected chi connectivity index (χ4v) is 4.57. The second-order valence-electron chi connectivity index (χ2n) is 7.41. The molecule has 3 aromatic rings. The molecule has 7 heteroatoms. The molecule has 0 saturated carbocycles. The minimum absolute atomic E-state index is 0.110. The van der Waals surface area contributed by atoms with Gasteiger partial charge in [-0.25, -0.2) is 0 Å². The third-order valence-corrected chi connectivity index (χ3v) is 6.47. The third-order valence-electron chi connectivity index (χ3n) is 4.91. The van der Waals surface area contributed by atoms with Crippen LogP contribution < -0.4 is 14.5 Å². The van der Waals surface area contributed by atoms with Crippen molar-refractivity contribution >= 4 is 63.3 Å². The molecule has 0 bridgehead atoms. The van der Waals surface area contributed by atoms with E-state index in [1.54, 1.807) is 4.90 Å². The number of benzene rings is 3. The summed E-state index contributed by atoms with van der Waals surface area (Å²) in [5.74, 6) is 0.645. The van der Waals surface area contributed by atoms with Crippen LogP contribution in [0.15, 0.2) is 77.7 Å². The van der Waals surface area contributed by atoms with Crippen molar-refractivity contribution in [3.63, 3.8) is 0 Å². The van der Waals surface area contributed by atoms with Crippen LogP contribution in [0, 0.1) is 0 Å². The number of halogens is 1. The first-order valence-corrected chi connectivity index (χ1v) is 11.5. The number of thiocarbonyl (C=S) groups is 1. The van der Waals surface area contributed by atoms with Gasteiger partial charge in [-0.05, 0) is 65.7 Å². The Bertz CT molecular complexity index is 1160. The van der Waals surface area contributed by atoms with Crippen LogP contribution in [0.25, 0.3) is 6.08 Å². The first-order valence-electron chi connectivity index (χ1n) is 9.93. The van der Waals surface area contributed by atoms with Crippen LogP contribution in [0.4, 0.5) is 11.4 Å². The molecule has 1 aliphatic rings. The van der Waals surface area contributed by atoms with Crippen LogP contribution >= 0.6 is 35.6 Å². The van der Waals surface area contributed by atoms with Gasteiger partial charge < -0.3 is 9.64 Å². The Morgan fingerprint density at radius 3 is 2.28 bits per heavy atom. The Morgan fingerprint density at radius 1 is 1.00 bits per heavy atom. The van der Waals surface area contributed by atoms with Crippen LogP contribution in [0.2, 0.25) is 5.02 Å². The molecule has 0 spiro atoms. The van der Waals surface area contributed by atoms with E-state index in [1.807, 2.05) is 97.9 Å². The molecule has 3 aromatic carbocycles. The van der Waals surface area contributed by atoms with E-state index in [1.165, 1.54) is 11.8 Å². The summed E-state index contributed by atoms with van der Waals surface area (Å²) in [6.07, 6.45) is 1.86. The topological polar surface area (TPSA) is 32.8 Å². The number of anilines is 2. The van der Waals surface area contributed by atoms with E-state index in [9.17, 15) is 4.79 Å². The average molecular weight is 481 g/mol. The lowest BCUT2D eigenvalue weighted by Crippen LogP contribution is -2.27. The number of carbonyl (C=O) groups is 1. The molecular formula is C25H21ClN2O2S2. The summed E-state index contributed by atoms with van der Waals surface area (Å²) in [7, 11) is 3.96. The lowest BCUT2D eigenvalue weighted by molar-refractivity contribution is -0.113. The number of hydrogen-bond donors (Lipinski definition) is 0. The lowest BCUT2D eigenvalue weighted by atomic mass is 10.2. The number of ether oxygens (including phenoxy) is 1. The second-order valence-corrected chi connectivity index (χ2v) is 9.52. The maximum Gasteiger partial charge on any atom is 0.270 e. The van der Waals surface area contributed by atoms with Crippen molar-refractivity contribution in [1.82, 2.24) is 0 Å². The largest absolute Gasteiger partial charge is 0.489 e. The number of hydrogen-bond acceptors (Lipinski definition) is 5. The lowest BCUT2D eigenvalue weighted by Gasteiger charge is -2.17. The Balaban J connectivity index is 1.43. The van der Waals surface area contributed by atoms with Crippen LogP contribution in [0.3, 0.4) is 0 Å². The van der Waals surface area contributed by atoms with E-state index in [0.717, 1.165) is 28.3 Å². The molecule has 162 valence electrons. The molecule has 0 N–H and O–H groups in total. The zero-order chi connectivity index (χ0) is 22.7. The number of rotatable bonds is 6. The second kappa shape index (κ2) is 9.77. The molecular weight excluding hydrogens is 460 g/mol. The summed E-state index contributed by atoms with van der Waals surface area (Å²) in [6, 6.07) is 23.0. The summed E-state index contributed by atoms with van der Waals surface area (Å²) < 4.78 is 6.36. The van der Waals surface area contributed by atoms with E-state index < -0.39 is 0 Å². The van der Waals surface area contributed by atoms with Crippen LogP contribution in [0.1, 0.15) is 11.1 Å². The minimum atomic E-state index is -0.110. The fourth-order valence-electron chi connectivity index (χ4n) is 3.15. The first kappa shape index (κ1) is 22.4. The van der Waals surface area contributed by atoms with Gasteiger partial charge in [0.25, 0.3) is 5.91 Å².